The fraction of sp³-hybridized carbons (Fsp3) is 0.538. The zero-order chi connectivity index (χ0) is 9.84. The Kier molecular flexibility index (Phi) is 3.53. The molecular formula is C13H20. The van der Waals surface area contributed by atoms with Crippen LogP contribution >= 0.6 is 0 Å². The highest BCUT2D eigenvalue weighted by atomic mass is 14.2. The van der Waals surface area contributed by atoms with Crippen molar-refractivity contribution in [3.8, 4) is 0 Å². The molecule has 0 spiro atoms. The fourth-order valence-electron chi connectivity index (χ4n) is 1.99. The van der Waals surface area contributed by atoms with Crippen LogP contribution in [0, 0.1) is 0 Å². The zero-order valence-corrected chi connectivity index (χ0v) is 9.11. The Bertz CT molecular complexity index is 264. The van der Waals surface area contributed by atoms with Crippen LogP contribution in [0.3, 0.4) is 0 Å². The van der Waals surface area contributed by atoms with E-state index in [-0.39, 0.29) is 0 Å². The van der Waals surface area contributed by atoms with Crippen LogP contribution < -0.4 is 0 Å². The molecule has 13 heavy (non-hydrogen) atoms. The molecule has 1 aliphatic rings. The average molecular weight is 176 g/mol. The van der Waals surface area contributed by atoms with Crippen LogP contribution in [-0.2, 0) is 0 Å². The Morgan fingerprint density at radius 3 is 2.15 bits per heavy atom. The van der Waals surface area contributed by atoms with Crippen molar-refractivity contribution in [1.29, 1.82) is 0 Å². The summed E-state index contributed by atoms with van der Waals surface area (Å²) in [6, 6.07) is 0. The molecule has 72 valence electrons. The predicted molar refractivity (Wildman–Crippen MR) is 59.7 cm³/mol. The molecule has 0 aromatic carbocycles. The average Bonchev–Trinajstić information content (AvgIpc) is 2.16. The van der Waals surface area contributed by atoms with Gasteiger partial charge in [-0.2, -0.15) is 0 Å². The van der Waals surface area contributed by atoms with E-state index in [9.17, 15) is 0 Å². The third-order valence-electron chi connectivity index (χ3n) is 2.89. The van der Waals surface area contributed by atoms with Crippen molar-refractivity contribution in [3.05, 3.63) is 34.9 Å². The topological polar surface area (TPSA) is 0 Å². The molecule has 0 heteroatoms. The molecule has 0 nitrogen and oxygen atoms in total. The van der Waals surface area contributed by atoms with Gasteiger partial charge < -0.3 is 0 Å². The molecule has 0 saturated carbocycles. The predicted octanol–water partition coefficient (Wildman–Crippen LogP) is 4.40. The van der Waals surface area contributed by atoms with Crippen molar-refractivity contribution >= 4 is 0 Å². The maximum absolute atomic E-state index is 4.06. The molecule has 0 heterocycles. The molecule has 0 bridgehead atoms. The first-order valence-corrected chi connectivity index (χ1v) is 5.18. The lowest BCUT2D eigenvalue weighted by molar-refractivity contribution is 0.681. The second-order valence-electron chi connectivity index (χ2n) is 3.92. The quantitative estimate of drug-likeness (QED) is 0.585. The molecule has 0 N–H and O–H groups in total. The van der Waals surface area contributed by atoms with Crippen LogP contribution in [0.5, 0.6) is 0 Å². The lowest BCUT2D eigenvalue weighted by atomic mass is 9.85. The van der Waals surface area contributed by atoms with Gasteiger partial charge in [-0.1, -0.05) is 23.8 Å². The standard InChI is InChI=1S/C13H20/c1-5-11(4)13-9-7-6-8-12(13)10(2)3/h5H,2,6-9H2,1,3-4H3/b11-5+. The normalized spacial score (nSPS) is 19.2. The highest BCUT2D eigenvalue weighted by Crippen LogP contribution is 2.32. The summed E-state index contributed by atoms with van der Waals surface area (Å²) >= 11 is 0. The van der Waals surface area contributed by atoms with Crippen molar-refractivity contribution < 1.29 is 0 Å². The summed E-state index contributed by atoms with van der Waals surface area (Å²) in [5, 5.41) is 0. The minimum absolute atomic E-state index is 1.23. The second kappa shape index (κ2) is 4.45. The van der Waals surface area contributed by atoms with E-state index in [1.807, 2.05) is 0 Å². The van der Waals surface area contributed by atoms with E-state index in [1.165, 1.54) is 42.4 Å². The lowest BCUT2D eigenvalue weighted by Crippen LogP contribution is -2.01. The molecule has 1 aliphatic carbocycles. The maximum Gasteiger partial charge on any atom is -0.0273 e. The SMILES string of the molecule is C=C(C)C1=C(/C(C)=C/C)CCCC1. The van der Waals surface area contributed by atoms with Crippen molar-refractivity contribution in [2.45, 2.75) is 46.5 Å². The monoisotopic (exact) mass is 176 g/mol. The molecule has 0 aromatic heterocycles. The molecular weight excluding hydrogens is 156 g/mol. The molecule has 0 radical (unpaired) electrons. The van der Waals surface area contributed by atoms with Gasteiger partial charge in [0.1, 0.15) is 0 Å². The smallest absolute Gasteiger partial charge is 0.0273 e. The van der Waals surface area contributed by atoms with Gasteiger partial charge in [0.25, 0.3) is 0 Å². The van der Waals surface area contributed by atoms with Crippen LogP contribution in [0.2, 0.25) is 0 Å². The molecule has 0 amide bonds. The highest BCUT2D eigenvalue weighted by molar-refractivity contribution is 5.43. The molecule has 0 aromatic rings. The number of allylic oxidation sites excluding steroid dienone is 5. The number of rotatable bonds is 2. The Labute approximate surface area is 82.0 Å². The largest absolute Gasteiger partial charge is 0.0958 e. The van der Waals surface area contributed by atoms with E-state index in [0.29, 0.717) is 0 Å². The lowest BCUT2D eigenvalue weighted by Gasteiger charge is -2.21. The molecule has 0 fully saturated rings. The van der Waals surface area contributed by atoms with Crippen LogP contribution in [0.25, 0.3) is 0 Å². The number of hydrogen-bond donors (Lipinski definition) is 0. The third kappa shape index (κ3) is 2.33. The third-order valence-corrected chi connectivity index (χ3v) is 2.89. The summed E-state index contributed by atoms with van der Waals surface area (Å²) in [6.07, 6.45) is 7.37. The van der Waals surface area contributed by atoms with Gasteiger partial charge in [0, 0.05) is 0 Å². The van der Waals surface area contributed by atoms with Crippen LogP contribution in [0.15, 0.2) is 34.9 Å². The minimum atomic E-state index is 1.23. The van der Waals surface area contributed by atoms with Crippen molar-refractivity contribution in [2.24, 2.45) is 0 Å². The Morgan fingerprint density at radius 2 is 1.69 bits per heavy atom. The zero-order valence-electron chi connectivity index (χ0n) is 9.11. The molecule has 0 saturated heterocycles. The van der Waals surface area contributed by atoms with Crippen LogP contribution in [-0.4, -0.2) is 0 Å². The van der Waals surface area contributed by atoms with Gasteiger partial charge in [0.15, 0.2) is 0 Å². The van der Waals surface area contributed by atoms with E-state index in [4.69, 9.17) is 0 Å². The summed E-state index contributed by atoms with van der Waals surface area (Å²) in [5.41, 5.74) is 5.77. The highest BCUT2D eigenvalue weighted by Gasteiger charge is 2.13. The molecule has 0 atom stereocenters. The summed E-state index contributed by atoms with van der Waals surface area (Å²) in [5.74, 6) is 0. The van der Waals surface area contributed by atoms with Crippen LogP contribution in [0.4, 0.5) is 0 Å². The van der Waals surface area contributed by atoms with Gasteiger partial charge in [-0.25, -0.2) is 0 Å². The van der Waals surface area contributed by atoms with Crippen molar-refractivity contribution in [2.75, 3.05) is 0 Å². The van der Waals surface area contributed by atoms with Gasteiger partial charge in [-0.15, -0.1) is 0 Å². The molecule has 0 unspecified atom stereocenters. The van der Waals surface area contributed by atoms with Gasteiger partial charge in [-0.3, -0.25) is 0 Å². The van der Waals surface area contributed by atoms with E-state index in [0.717, 1.165) is 0 Å². The van der Waals surface area contributed by atoms with Gasteiger partial charge in [-0.05, 0) is 57.6 Å². The van der Waals surface area contributed by atoms with E-state index >= 15 is 0 Å². The summed E-state index contributed by atoms with van der Waals surface area (Å²) in [4.78, 5) is 0. The van der Waals surface area contributed by atoms with E-state index in [1.54, 1.807) is 5.57 Å². The Balaban J connectivity index is 3.04. The summed E-state index contributed by atoms with van der Waals surface area (Å²) < 4.78 is 0. The molecule has 1 rings (SSSR count). The van der Waals surface area contributed by atoms with Gasteiger partial charge in [0.2, 0.25) is 0 Å². The van der Waals surface area contributed by atoms with E-state index in [2.05, 4.69) is 33.4 Å². The Morgan fingerprint density at radius 1 is 1.15 bits per heavy atom. The second-order valence-corrected chi connectivity index (χ2v) is 3.92. The summed E-state index contributed by atoms with van der Waals surface area (Å²) in [7, 11) is 0. The van der Waals surface area contributed by atoms with E-state index < -0.39 is 0 Å². The van der Waals surface area contributed by atoms with Gasteiger partial charge >= 0.3 is 0 Å². The minimum Gasteiger partial charge on any atom is -0.0958 e. The van der Waals surface area contributed by atoms with Crippen molar-refractivity contribution in [3.63, 3.8) is 0 Å². The fourth-order valence-corrected chi connectivity index (χ4v) is 1.99. The van der Waals surface area contributed by atoms with Crippen LogP contribution in [0.1, 0.15) is 46.5 Å². The first-order valence-electron chi connectivity index (χ1n) is 5.18. The van der Waals surface area contributed by atoms with Gasteiger partial charge in [0.05, 0.1) is 0 Å². The Hall–Kier alpha value is -0.780. The molecule has 0 aliphatic heterocycles. The first kappa shape index (κ1) is 10.3. The van der Waals surface area contributed by atoms with Crippen molar-refractivity contribution in [1.82, 2.24) is 0 Å². The maximum atomic E-state index is 4.06. The number of hydrogen-bond acceptors (Lipinski definition) is 0. The summed E-state index contributed by atoms with van der Waals surface area (Å²) in [6.45, 7) is 10.5. The first-order chi connectivity index (χ1) is 6.16.